The number of amides is 1. The number of anilines is 3. The lowest BCUT2D eigenvalue weighted by atomic mass is 9.93. The van der Waals surface area contributed by atoms with E-state index in [1.165, 1.54) is 0 Å². The van der Waals surface area contributed by atoms with Crippen LogP contribution in [0.15, 0.2) is 54.7 Å². The topological polar surface area (TPSA) is 93.1 Å². The van der Waals surface area contributed by atoms with Crippen molar-refractivity contribution in [3.8, 4) is 11.5 Å². The fraction of sp³-hybridized carbons (Fsp3) is 0.367. The lowest BCUT2D eigenvalue weighted by Gasteiger charge is -2.22. The number of aryl methyl sites for hydroxylation is 1. The Morgan fingerprint density at radius 3 is 2.72 bits per heavy atom. The van der Waals surface area contributed by atoms with Crippen molar-refractivity contribution in [1.29, 1.82) is 0 Å². The summed E-state index contributed by atoms with van der Waals surface area (Å²) < 4.78 is 8.11. The number of aromatic nitrogens is 3. The number of nitrogens with one attached hydrogen (secondary N) is 3. The smallest absolute Gasteiger partial charge is 0.225 e. The van der Waals surface area contributed by atoms with E-state index in [4.69, 9.17) is 21.3 Å². The maximum absolute atomic E-state index is 12.5. The number of carbonyl (C=O) groups is 1. The summed E-state index contributed by atoms with van der Waals surface area (Å²) in [5, 5.41) is 10.4. The van der Waals surface area contributed by atoms with Gasteiger partial charge in [-0.15, -0.1) is 0 Å². The van der Waals surface area contributed by atoms with E-state index in [1.807, 2.05) is 41.9 Å². The van der Waals surface area contributed by atoms with E-state index in [2.05, 4.69) is 40.8 Å². The second-order valence-corrected chi connectivity index (χ2v) is 10.8. The van der Waals surface area contributed by atoms with Gasteiger partial charge in [0.2, 0.25) is 11.9 Å². The number of hydrogen-bond acceptors (Lipinski definition) is 6. The summed E-state index contributed by atoms with van der Waals surface area (Å²) in [6.45, 7) is 6.32. The zero-order chi connectivity index (χ0) is 27.4. The number of fused-ring (bicyclic) bond motifs is 1. The molecule has 1 aliphatic rings. The minimum Gasteiger partial charge on any atom is -0.457 e. The molecule has 8 nitrogen and oxygen atoms in total. The van der Waals surface area contributed by atoms with Gasteiger partial charge in [-0.05, 0) is 86.1 Å². The number of halogens is 1. The molecule has 0 saturated carbocycles. The van der Waals surface area contributed by atoms with Gasteiger partial charge in [-0.3, -0.25) is 4.79 Å². The minimum atomic E-state index is -0.0191. The second kappa shape index (κ2) is 12.1. The van der Waals surface area contributed by atoms with E-state index >= 15 is 0 Å². The first-order valence-corrected chi connectivity index (χ1v) is 13.9. The van der Waals surface area contributed by atoms with E-state index in [1.54, 1.807) is 18.3 Å². The Hall–Kier alpha value is -3.62. The molecule has 5 rings (SSSR count). The van der Waals surface area contributed by atoms with Crippen molar-refractivity contribution in [2.75, 3.05) is 23.7 Å². The summed E-state index contributed by atoms with van der Waals surface area (Å²) in [6, 6.07) is 15.2. The van der Waals surface area contributed by atoms with Crippen LogP contribution in [0.25, 0.3) is 11.0 Å². The van der Waals surface area contributed by atoms with Crippen LogP contribution >= 0.6 is 11.6 Å². The van der Waals surface area contributed by atoms with E-state index in [0.29, 0.717) is 35.6 Å². The molecule has 3 heterocycles. The normalized spacial score (nSPS) is 14.1. The summed E-state index contributed by atoms with van der Waals surface area (Å²) in [6.07, 6.45) is 5.30. The van der Waals surface area contributed by atoms with Crippen molar-refractivity contribution in [2.45, 2.75) is 45.4 Å². The number of carbonyl (C=O) groups excluding carboxylic acids is 1. The van der Waals surface area contributed by atoms with Crippen molar-refractivity contribution in [3.05, 3.63) is 65.3 Å². The van der Waals surface area contributed by atoms with Crippen molar-refractivity contribution in [1.82, 2.24) is 19.9 Å². The van der Waals surface area contributed by atoms with Crippen LogP contribution in [-0.2, 0) is 11.8 Å². The third kappa shape index (κ3) is 6.69. The highest BCUT2D eigenvalue weighted by Crippen LogP contribution is 2.31. The number of nitrogens with zero attached hydrogens (tertiary/aromatic N) is 3. The molecular weight excluding hydrogens is 512 g/mol. The van der Waals surface area contributed by atoms with Crippen molar-refractivity contribution < 1.29 is 9.53 Å². The molecule has 2 aromatic heterocycles. The Morgan fingerprint density at radius 2 is 1.92 bits per heavy atom. The van der Waals surface area contributed by atoms with Gasteiger partial charge in [-0.1, -0.05) is 25.4 Å². The predicted octanol–water partition coefficient (Wildman–Crippen LogP) is 7.00. The number of hydrogen-bond donors (Lipinski definition) is 3. The summed E-state index contributed by atoms with van der Waals surface area (Å²) in [5.41, 5.74) is 3.79. The molecule has 1 amide bonds. The number of rotatable bonds is 9. The maximum Gasteiger partial charge on any atom is 0.225 e. The molecule has 1 aliphatic heterocycles. The molecule has 204 valence electrons. The second-order valence-electron chi connectivity index (χ2n) is 10.4. The fourth-order valence-electron chi connectivity index (χ4n) is 4.94. The van der Waals surface area contributed by atoms with Gasteiger partial charge in [0, 0.05) is 42.5 Å². The number of ether oxygens (including phenoxy) is 1. The molecule has 0 bridgehead atoms. The number of imidazole rings is 1. The lowest BCUT2D eigenvalue weighted by Crippen LogP contribution is -2.28. The van der Waals surface area contributed by atoms with Gasteiger partial charge in [0.15, 0.2) is 0 Å². The average molecular weight is 547 g/mol. The van der Waals surface area contributed by atoms with Crippen LogP contribution in [0.5, 0.6) is 11.5 Å². The first-order valence-electron chi connectivity index (χ1n) is 13.5. The Bertz CT molecular complexity index is 1460. The summed E-state index contributed by atoms with van der Waals surface area (Å²) >= 11 is 6.36. The van der Waals surface area contributed by atoms with Crippen LogP contribution in [-0.4, -0.2) is 33.5 Å². The SMILES string of the molecule is CC(C)c1cc(Nc2nc3cc(Oc4ccnc(NC(=O)CCC5CCNCC5)c4)ccc3n2C)ccc1Cl. The first kappa shape index (κ1) is 27.0. The standard InChI is InChI=1S/C30H35ClN6O2/c1-19(2)24-16-21(5-7-25(24)31)34-30-35-26-17-22(6-8-27(26)37(30)3)39-23-12-15-33-28(18-23)36-29(38)9-4-20-10-13-32-14-11-20/h5-8,12,15-20,32H,4,9-11,13-14H2,1-3H3,(H,34,35)(H,33,36,38). The molecule has 0 unspecified atom stereocenters. The highest BCUT2D eigenvalue weighted by molar-refractivity contribution is 6.31. The molecule has 39 heavy (non-hydrogen) atoms. The van der Waals surface area contributed by atoms with Gasteiger partial charge in [-0.2, -0.15) is 0 Å². The Labute approximate surface area is 234 Å². The third-order valence-corrected chi connectivity index (χ3v) is 7.54. The highest BCUT2D eigenvalue weighted by atomic mass is 35.5. The minimum absolute atomic E-state index is 0.0191. The molecule has 0 radical (unpaired) electrons. The molecule has 3 N–H and O–H groups in total. The largest absolute Gasteiger partial charge is 0.457 e. The number of piperidine rings is 1. The van der Waals surface area contributed by atoms with Gasteiger partial charge in [0.1, 0.15) is 17.3 Å². The summed E-state index contributed by atoms with van der Waals surface area (Å²) in [4.78, 5) is 21.6. The third-order valence-electron chi connectivity index (χ3n) is 7.20. The maximum atomic E-state index is 12.5. The zero-order valence-corrected chi connectivity index (χ0v) is 23.4. The lowest BCUT2D eigenvalue weighted by molar-refractivity contribution is -0.116. The molecule has 0 atom stereocenters. The first-order chi connectivity index (χ1) is 18.9. The number of pyridine rings is 1. The highest BCUT2D eigenvalue weighted by Gasteiger charge is 2.15. The zero-order valence-electron chi connectivity index (χ0n) is 22.6. The van der Waals surface area contributed by atoms with Crippen molar-refractivity contribution in [2.24, 2.45) is 13.0 Å². The molecule has 0 aliphatic carbocycles. The van der Waals surface area contributed by atoms with E-state index < -0.39 is 0 Å². The molecule has 1 fully saturated rings. The summed E-state index contributed by atoms with van der Waals surface area (Å²) in [5.74, 6) is 3.36. The molecule has 9 heteroatoms. The van der Waals surface area contributed by atoms with Gasteiger partial charge < -0.3 is 25.3 Å². The monoisotopic (exact) mass is 546 g/mol. The van der Waals surface area contributed by atoms with E-state index in [-0.39, 0.29) is 5.91 Å². The van der Waals surface area contributed by atoms with Gasteiger partial charge in [0.05, 0.1) is 11.0 Å². The fourth-order valence-corrected chi connectivity index (χ4v) is 5.27. The van der Waals surface area contributed by atoms with Crippen LogP contribution < -0.4 is 20.7 Å². The van der Waals surface area contributed by atoms with Crippen LogP contribution in [0.3, 0.4) is 0 Å². The van der Waals surface area contributed by atoms with Crippen molar-refractivity contribution in [3.63, 3.8) is 0 Å². The van der Waals surface area contributed by atoms with Crippen LogP contribution in [0, 0.1) is 5.92 Å². The number of benzene rings is 2. The Kier molecular flexibility index (Phi) is 8.33. The molecular formula is C30H35ClN6O2. The van der Waals surface area contributed by atoms with E-state index in [0.717, 1.165) is 65.6 Å². The molecule has 2 aromatic carbocycles. The Morgan fingerprint density at radius 1 is 1.13 bits per heavy atom. The van der Waals surface area contributed by atoms with E-state index in [9.17, 15) is 4.79 Å². The Balaban J connectivity index is 1.25. The van der Waals surface area contributed by atoms with Gasteiger partial charge in [0.25, 0.3) is 0 Å². The van der Waals surface area contributed by atoms with Crippen LogP contribution in [0.1, 0.15) is 51.0 Å². The van der Waals surface area contributed by atoms with Crippen LogP contribution in [0.2, 0.25) is 5.02 Å². The summed E-state index contributed by atoms with van der Waals surface area (Å²) in [7, 11) is 1.97. The van der Waals surface area contributed by atoms with Crippen molar-refractivity contribution >= 4 is 46.0 Å². The molecule has 0 spiro atoms. The molecule has 4 aromatic rings. The predicted molar refractivity (Wildman–Crippen MR) is 157 cm³/mol. The van der Waals surface area contributed by atoms with Crippen LogP contribution in [0.4, 0.5) is 17.5 Å². The molecule has 1 saturated heterocycles. The van der Waals surface area contributed by atoms with Gasteiger partial charge >= 0.3 is 0 Å². The quantitative estimate of drug-likeness (QED) is 0.209. The average Bonchev–Trinajstić information content (AvgIpc) is 3.23. The van der Waals surface area contributed by atoms with Gasteiger partial charge in [-0.25, -0.2) is 9.97 Å².